The van der Waals surface area contributed by atoms with Crippen molar-refractivity contribution >= 4 is 18.0 Å². The Kier molecular flexibility index (Phi) is 5.79. The highest BCUT2D eigenvalue weighted by Crippen LogP contribution is 2.12. The largest absolute Gasteiger partial charge is 0.497 e. The van der Waals surface area contributed by atoms with E-state index in [1.165, 1.54) is 6.08 Å². The standard InChI is InChI=1S/C15H18O4/c1-11(2)10-15(17)19-14(16)9-6-12-4-7-13(18-3)8-5-12/h4-9,11H,10H2,1-3H3. The molecule has 0 aliphatic rings. The molecule has 0 aliphatic carbocycles. The van der Waals surface area contributed by atoms with Crippen LogP contribution in [-0.2, 0) is 14.3 Å². The van der Waals surface area contributed by atoms with Crippen LogP contribution in [0.4, 0.5) is 0 Å². The van der Waals surface area contributed by atoms with Crippen LogP contribution in [0.5, 0.6) is 5.75 Å². The lowest BCUT2D eigenvalue weighted by molar-refractivity contribution is -0.156. The molecular formula is C15H18O4. The third-order valence-electron chi connectivity index (χ3n) is 2.32. The highest BCUT2D eigenvalue weighted by atomic mass is 16.6. The van der Waals surface area contributed by atoms with Crippen LogP contribution in [-0.4, -0.2) is 19.0 Å². The van der Waals surface area contributed by atoms with Crippen LogP contribution < -0.4 is 4.74 Å². The first-order valence-corrected chi connectivity index (χ1v) is 6.08. The minimum atomic E-state index is -0.651. The van der Waals surface area contributed by atoms with Gasteiger partial charge in [-0.3, -0.25) is 4.79 Å². The number of esters is 2. The van der Waals surface area contributed by atoms with Gasteiger partial charge in [0.15, 0.2) is 0 Å². The van der Waals surface area contributed by atoms with Gasteiger partial charge >= 0.3 is 11.9 Å². The summed E-state index contributed by atoms with van der Waals surface area (Å²) in [7, 11) is 1.59. The van der Waals surface area contributed by atoms with E-state index in [2.05, 4.69) is 4.74 Å². The lowest BCUT2D eigenvalue weighted by atomic mass is 10.1. The number of benzene rings is 1. The van der Waals surface area contributed by atoms with Gasteiger partial charge in [-0.25, -0.2) is 4.79 Å². The van der Waals surface area contributed by atoms with Gasteiger partial charge in [-0.2, -0.15) is 0 Å². The Morgan fingerprint density at radius 1 is 1.21 bits per heavy atom. The monoisotopic (exact) mass is 262 g/mol. The third-order valence-corrected chi connectivity index (χ3v) is 2.32. The lowest BCUT2D eigenvalue weighted by Crippen LogP contribution is -2.11. The maximum atomic E-state index is 11.4. The molecule has 4 heteroatoms. The number of rotatable bonds is 5. The molecule has 0 spiro atoms. The number of carbonyl (C=O) groups excluding carboxylic acids is 2. The Labute approximate surface area is 113 Å². The van der Waals surface area contributed by atoms with Crippen LogP contribution in [0, 0.1) is 5.92 Å². The number of hydrogen-bond donors (Lipinski definition) is 0. The highest BCUT2D eigenvalue weighted by Gasteiger charge is 2.09. The molecule has 0 fully saturated rings. The molecule has 0 N–H and O–H groups in total. The van der Waals surface area contributed by atoms with Crippen molar-refractivity contribution in [3.63, 3.8) is 0 Å². The van der Waals surface area contributed by atoms with Crippen molar-refractivity contribution in [2.75, 3.05) is 7.11 Å². The second-order valence-electron chi connectivity index (χ2n) is 4.50. The van der Waals surface area contributed by atoms with Crippen LogP contribution in [0.2, 0.25) is 0 Å². The quantitative estimate of drug-likeness (QED) is 0.465. The molecule has 0 aromatic heterocycles. The molecule has 0 saturated heterocycles. The van der Waals surface area contributed by atoms with Gasteiger partial charge in [0.05, 0.1) is 7.11 Å². The van der Waals surface area contributed by atoms with Gasteiger partial charge in [-0.1, -0.05) is 26.0 Å². The zero-order valence-electron chi connectivity index (χ0n) is 11.4. The summed E-state index contributed by atoms with van der Waals surface area (Å²) in [6.07, 6.45) is 3.06. The van der Waals surface area contributed by atoms with E-state index in [0.29, 0.717) is 0 Å². The molecule has 1 aromatic carbocycles. The number of carbonyl (C=O) groups is 2. The second kappa shape index (κ2) is 7.36. The molecule has 0 heterocycles. The summed E-state index contributed by atoms with van der Waals surface area (Å²) in [5.74, 6) is -0.237. The van der Waals surface area contributed by atoms with Crippen molar-refractivity contribution in [3.05, 3.63) is 35.9 Å². The predicted molar refractivity (Wildman–Crippen MR) is 72.6 cm³/mol. The summed E-state index contributed by atoms with van der Waals surface area (Å²) in [6.45, 7) is 3.78. The van der Waals surface area contributed by atoms with Crippen molar-refractivity contribution in [2.45, 2.75) is 20.3 Å². The second-order valence-corrected chi connectivity index (χ2v) is 4.50. The normalized spacial score (nSPS) is 10.7. The van der Waals surface area contributed by atoms with E-state index in [1.807, 2.05) is 13.8 Å². The fourth-order valence-corrected chi connectivity index (χ4v) is 1.40. The van der Waals surface area contributed by atoms with Crippen molar-refractivity contribution in [2.24, 2.45) is 5.92 Å². The Bertz CT molecular complexity index is 458. The molecule has 1 rings (SSSR count). The summed E-state index contributed by atoms with van der Waals surface area (Å²) in [4.78, 5) is 22.6. The van der Waals surface area contributed by atoms with Crippen molar-refractivity contribution in [1.82, 2.24) is 0 Å². The molecular weight excluding hydrogens is 244 g/mol. The van der Waals surface area contributed by atoms with E-state index >= 15 is 0 Å². The van der Waals surface area contributed by atoms with Crippen LogP contribution in [0.1, 0.15) is 25.8 Å². The Morgan fingerprint density at radius 3 is 2.37 bits per heavy atom. The maximum Gasteiger partial charge on any atom is 0.338 e. The van der Waals surface area contributed by atoms with Gasteiger partial charge in [0.1, 0.15) is 5.75 Å². The summed E-state index contributed by atoms with van der Waals surface area (Å²) in [5, 5.41) is 0. The molecule has 4 nitrogen and oxygen atoms in total. The van der Waals surface area contributed by atoms with E-state index in [4.69, 9.17) is 4.74 Å². The molecule has 0 atom stereocenters. The number of hydrogen-bond acceptors (Lipinski definition) is 4. The van der Waals surface area contributed by atoms with Crippen LogP contribution in [0.3, 0.4) is 0 Å². The van der Waals surface area contributed by atoms with Gasteiger partial charge in [-0.05, 0) is 29.7 Å². The molecule has 0 radical (unpaired) electrons. The first kappa shape index (κ1) is 15.0. The summed E-state index contributed by atoms with van der Waals surface area (Å²) in [5.41, 5.74) is 0.828. The van der Waals surface area contributed by atoms with Gasteiger partial charge < -0.3 is 9.47 Å². The van der Waals surface area contributed by atoms with Crippen molar-refractivity contribution in [1.29, 1.82) is 0 Å². The van der Waals surface area contributed by atoms with Gasteiger partial charge in [0.25, 0.3) is 0 Å². The smallest absolute Gasteiger partial charge is 0.338 e. The average Bonchev–Trinajstić information content (AvgIpc) is 2.36. The van der Waals surface area contributed by atoms with E-state index in [0.717, 1.165) is 11.3 Å². The van der Waals surface area contributed by atoms with Gasteiger partial charge in [0.2, 0.25) is 0 Å². The Hall–Kier alpha value is -2.10. The third kappa shape index (κ3) is 5.86. The summed E-state index contributed by atoms with van der Waals surface area (Å²) in [6, 6.07) is 7.18. The zero-order valence-corrected chi connectivity index (χ0v) is 11.4. The number of methoxy groups -OCH3 is 1. The van der Waals surface area contributed by atoms with Crippen LogP contribution in [0.15, 0.2) is 30.3 Å². The molecule has 102 valence electrons. The molecule has 0 bridgehead atoms. The van der Waals surface area contributed by atoms with Crippen molar-refractivity contribution < 1.29 is 19.1 Å². The average molecular weight is 262 g/mol. The molecule has 19 heavy (non-hydrogen) atoms. The maximum absolute atomic E-state index is 11.4. The highest BCUT2D eigenvalue weighted by molar-refractivity contribution is 5.94. The van der Waals surface area contributed by atoms with Gasteiger partial charge in [0, 0.05) is 12.5 Å². The Balaban J connectivity index is 2.51. The van der Waals surface area contributed by atoms with Crippen molar-refractivity contribution in [3.8, 4) is 5.75 Å². The first-order chi connectivity index (χ1) is 9.01. The molecule has 0 unspecified atom stereocenters. The van der Waals surface area contributed by atoms with E-state index in [9.17, 15) is 9.59 Å². The molecule has 0 saturated carbocycles. The van der Waals surface area contributed by atoms with E-state index in [1.54, 1.807) is 37.5 Å². The zero-order chi connectivity index (χ0) is 14.3. The summed E-state index contributed by atoms with van der Waals surface area (Å²) < 4.78 is 9.66. The molecule has 0 amide bonds. The minimum Gasteiger partial charge on any atom is -0.497 e. The molecule has 0 aliphatic heterocycles. The van der Waals surface area contributed by atoms with Crippen LogP contribution >= 0.6 is 0 Å². The topological polar surface area (TPSA) is 52.6 Å². The summed E-state index contributed by atoms with van der Waals surface area (Å²) >= 11 is 0. The Morgan fingerprint density at radius 2 is 1.84 bits per heavy atom. The predicted octanol–water partition coefficient (Wildman–Crippen LogP) is 2.82. The lowest BCUT2D eigenvalue weighted by Gasteiger charge is -2.02. The fraction of sp³-hybridized carbons (Fsp3) is 0.333. The fourth-order valence-electron chi connectivity index (χ4n) is 1.40. The van der Waals surface area contributed by atoms with Crippen LogP contribution in [0.25, 0.3) is 6.08 Å². The van der Waals surface area contributed by atoms with E-state index < -0.39 is 11.9 Å². The first-order valence-electron chi connectivity index (χ1n) is 6.08. The van der Waals surface area contributed by atoms with Gasteiger partial charge in [-0.15, -0.1) is 0 Å². The minimum absolute atomic E-state index is 0.172. The number of ether oxygens (including phenoxy) is 2. The molecule has 1 aromatic rings. The van der Waals surface area contributed by atoms with E-state index in [-0.39, 0.29) is 12.3 Å². The SMILES string of the molecule is COc1ccc(C=CC(=O)OC(=O)CC(C)C)cc1.